The maximum atomic E-state index is 12.0. The van der Waals surface area contributed by atoms with E-state index in [2.05, 4.69) is 12.2 Å². The van der Waals surface area contributed by atoms with E-state index < -0.39 is 12.6 Å². The molecule has 0 fully saturated rings. The molecule has 0 atom stereocenters. The molecule has 0 aromatic heterocycles. The van der Waals surface area contributed by atoms with Gasteiger partial charge in [-0.05, 0) is 30.7 Å². The maximum absolute atomic E-state index is 12.0. The van der Waals surface area contributed by atoms with Crippen molar-refractivity contribution in [1.29, 1.82) is 0 Å². The fourth-order valence-corrected chi connectivity index (χ4v) is 2.42. The van der Waals surface area contributed by atoms with E-state index in [9.17, 15) is 13.2 Å². The second-order valence-corrected chi connectivity index (χ2v) is 5.21. The number of halogens is 3. The zero-order chi connectivity index (χ0) is 13.4. The van der Waals surface area contributed by atoms with Gasteiger partial charge in [0, 0.05) is 17.2 Å². The van der Waals surface area contributed by atoms with E-state index in [4.69, 9.17) is 0 Å². The van der Waals surface area contributed by atoms with E-state index in [0.717, 1.165) is 30.0 Å². The highest BCUT2D eigenvalue weighted by Crippen LogP contribution is 2.26. The number of alkyl halides is 3. The number of hydrogen-bond donors (Lipinski definition) is 1. The van der Waals surface area contributed by atoms with Gasteiger partial charge in [0.25, 0.3) is 0 Å². The van der Waals surface area contributed by atoms with Crippen LogP contribution >= 0.6 is 11.8 Å². The van der Waals surface area contributed by atoms with Crippen LogP contribution in [0.4, 0.5) is 13.2 Å². The van der Waals surface area contributed by atoms with Gasteiger partial charge in [-0.3, -0.25) is 0 Å². The second-order valence-electron chi connectivity index (χ2n) is 4.04. The van der Waals surface area contributed by atoms with Gasteiger partial charge >= 0.3 is 6.18 Å². The van der Waals surface area contributed by atoms with Gasteiger partial charge in [0.15, 0.2) is 0 Å². The highest BCUT2D eigenvalue weighted by molar-refractivity contribution is 7.99. The van der Waals surface area contributed by atoms with Gasteiger partial charge in [-0.2, -0.15) is 13.2 Å². The fourth-order valence-electron chi connectivity index (χ4n) is 1.44. The third kappa shape index (κ3) is 6.91. The first kappa shape index (κ1) is 15.4. The van der Waals surface area contributed by atoms with Crippen molar-refractivity contribution < 1.29 is 13.2 Å². The molecule has 0 saturated carbocycles. The van der Waals surface area contributed by atoms with Crippen molar-refractivity contribution in [2.75, 3.05) is 12.3 Å². The summed E-state index contributed by atoms with van der Waals surface area (Å²) in [5, 5.41) is 3.27. The first-order valence-corrected chi connectivity index (χ1v) is 6.99. The van der Waals surface area contributed by atoms with E-state index in [1.54, 1.807) is 0 Å². The van der Waals surface area contributed by atoms with Crippen LogP contribution in [0.1, 0.15) is 25.3 Å². The molecule has 5 heteroatoms. The highest BCUT2D eigenvalue weighted by Gasteiger charge is 2.26. The third-order valence-electron chi connectivity index (χ3n) is 2.31. The van der Waals surface area contributed by atoms with Crippen molar-refractivity contribution in [1.82, 2.24) is 5.32 Å². The lowest BCUT2D eigenvalue weighted by atomic mass is 10.2. The number of rotatable bonds is 7. The van der Waals surface area contributed by atoms with E-state index in [1.807, 2.05) is 24.3 Å². The Morgan fingerprint density at radius 1 is 1.28 bits per heavy atom. The molecule has 0 saturated heterocycles. The molecule has 0 heterocycles. The lowest BCUT2D eigenvalue weighted by Crippen LogP contribution is -2.13. The first-order chi connectivity index (χ1) is 8.51. The summed E-state index contributed by atoms with van der Waals surface area (Å²) in [7, 11) is 0. The van der Waals surface area contributed by atoms with Crippen LogP contribution in [0.3, 0.4) is 0 Å². The molecule has 0 bridgehead atoms. The van der Waals surface area contributed by atoms with Crippen molar-refractivity contribution in [3.05, 3.63) is 29.8 Å². The molecule has 1 aromatic carbocycles. The lowest BCUT2D eigenvalue weighted by molar-refractivity contribution is -0.129. The number of nitrogens with one attached hydrogen (secondary N) is 1. The van der Waals surface area contributed by atoms with Crippen molar-refractivity contribution in [2.45, 2.75) is 37.4 Å². The summed E-state index contributed by atoms with van der Waals surface area (Å²) in [6.45, 7) is 3.81. The normalized spacial score (nSPS) is 11.8. The van der Waals surface area contributed by atoms with Crippen LogP contribution in [0.25, 0.3) is 0 Å². The molecule has 0 amide bonds. The highest BCUT2D eigenvalue weighted by atomic mass is 32.2. The Morgan fingerprint density at radius 3 is 2.72 bits per heavy atom. The summed E-state index contributed by atoms with van der Waals surface area (Å²) in [5.74, 6) is 0.0787. The fraction of sp³-hybridized carbons (Fsp3) is 0.538. The Morgan fingerprint density at radius 2 is 2.06 bits per heavy atom. The minimum atomic E-state index is -4.06. The SMILES string of the molecule is CCCNCc1cccc(SCCC(F)(F)F)c1. The summed E-state index contributed by atoms with van der Waals surface area (Å²) in [6, 6.07) is 7.67. The van der Waals surface area contributed by atoms with Crippen LogP contribution in [0.15, 0.2) is 29.2 Å². The molecule has 0 aliphatic heterocycles. The molecule has 0 radical (unpaired) electrons. The van der Waals surface area contributed by atoms with Crippen LogP contribution in [0.5, 0.6) is 0 Å². The predicted octanol–water partition coefficient (Wildman–Crippen LogP) is 4.23. The van der Waals surface area contributed by atoms with E-state index >= 15 is 0 Å². The van der Waals surface area contributed by atoms with Crippen LogP contribution < -0.4 is 5.32 Å². The van der Waals surface area contributed by atoms with Crippen molar-refractivity contribution >= 4 is 11.8 Å². The summed E-state index contributed by atoms with van der Waals surface area (Å²) < 4.78 is 36.1. The quantitative estimate of drug-likeness (QED) is 0.591. The summed E-state index contributed by atoms with van der Waals surface area (Å²) in [4.78, 5) is 0.898. The standard InChI is InChI=1S/C13H18F3NS/c1-2-7-17-10-11-4-3-5-12(9-11)18-8-6-13(14,15)16/h3-5,9,17H,2,6-8,10H2,1H3. The minimum absolute atomic E-state index is 0.0787. The summed E-state index contributed by atoms with van der Waals surface area (Å²) in [6.07, 6.45) is -3.73. The van der Waals surface area contributed by atoms with E-state index in [-0.39, 0.29) is 5.75 Å². The Balaban J connectivity index is 2.39. The van der Waals surface area contributed by atoms with Gasteiger partial charge in [-0.15, -0.1) is 11.8 Å². The molecule has 0 aliphatic carbocycles. The van der Waals surface area contributed by atoms with Crippen LogP contribution in [-0.2, 0) is 6.54 Å². The molecular formula is C13H18F3NS. The Bertz CT molecular complexity index is 352. The van der Waals surface area contributed by atoms with Gasteiger partial charge in [-0.25, -0.2) is 0 Å². The number of thioether (sulfide) groups is 1. The van der Waals surface area contributed by atoms with Gasteiger partial charge in [0.05, 0.1) is 6.42 Å². The molecule has 1 aromatic rings. The molecule has 18 heavy (non-hydrogen) atoms. The monoisotopic (exact) mass is 277 g/mol. The minimum Gasteiger partial charge on any atom is -0.313 e. The number of benzene rings is 1. The lowest BCUT2D eigenvalue weighted by Gasteiger charge is -2.08. The largest absolute Gasteiger partial charge is 0.389 e. The average molecular weight is 277 g/mol. The van der Waals surface area contributed by atoms with Crippen LogP contribution in [-0.4, -0.2) is 18.5 Å². The number of hydrogen-bond acceptors (Lipinski definition) is 2. The molecule has 102 valence electrons. The maximum Gasteiger partial charge on any atom is 0.389 e. The summed E-state index contributed by atoms with van der Waals surface area (Å²) >= 11 is 1.25. The zero-order valence-electron chi connectivity index (χ0n) is 10.4. The van der Waals surface area contributed by atoms with E-state index in [0.29, 0.717) is 0 Å². The molecular weight excluding hydrogens is 259 g/mol. The first-order valence-electron chi connectivity index (χ1n) is 6.00. The molecule has 1 N–H and O–H groups in total. The second kappa shape index (κ2) is 7.69. The smallest absolute Gasteiger partial charge is 0.313 e. The molecule has 0 unspecified atom stereocenters. The van der Waals surface area contributed by atoms with Crippen LogP contribution in [0.2, 0.25) is 0 Å². The molecule has 0 spiro atoms. The Kier molecular flexibility index (Phi) is 6.57. The van der Waals surface area contributed by atoms with Crippen LogP contribution in [0, 0.1) is 0 Å². The molecule has 1 nitrogen and oxygen atoms in total. The predicted molar refractivity (Wildman–Crippen MR) is 69.8 cm³/mol. The van der Waals surface area contributed by atoms with Crippen molar-refractivity contribution in [3.8, 4) is 0 Å². The van der Waals surface area contributed by atoms with Crippen molar-refractivity contribution in [3.63, 3.8) is 0 Å². The van der Waals surface area contributed by atoms with Gasteiger partial charge in [0.1, 0.15) is 0 Å². The zero-order valence-corrected chi connectivity index (χ0v) is 11.2. The summed E-state index contributed by atoms with van der Waals surface area (Å²) in [5.41, 5.74) is 1.11. The topological polar surface area (TPSA) is 12.0 Å². The Labute approximate surface area is 110 Å². The van der Waals surface area contributed by atoms with Gasteiger partial charge in [0.2, 0.25) is 0 Å². The van der Waals surface area contributed by atoms with Gasteiger partial charge < -0.3 is 5.32 Å². The molecule has 0 aliphatic rings. The molecule has 1 rings (SSSR count). The van der Waals surface area contributed by atoms with E-state index in [1.165, 1.54) is 11.8 Å². The average Bonchev–Trinajstić information content (AvgIpc) is 2.28. The van der Waals surface area contributed by atoms with Crippen molar-refractivity contribution in [2.24, 2.45) is 0 Å². The third-order valence-corrected chi connectivity index (χ3v) is 3.30. The Hall–Kier alpha value is -0.680. The van der Waals surface area contributed by atoms with Gasteiger partial charge in [-0.1, -0.05) is 19.1 Å².